The predicted octanol–water partition coefficient (Wildman–Crippen LogP) is 0.378. The van der Waals surface area contributed by atoms with Crippen molar-refractivity contribution in [3.63, 3.8) is 0 Å². The van der Waals surface area contributed by atoms with Crippen LogP contribution in [0.4, 0.5) is 5.82 Å². The van der Waals surface area contributed by atoms with Crippen LogP contribution in [0.5, 0.6) is 0 Å². The molecular weight excluding hydrogens is 322 g/mol. The smallest absolute Gasteiger partial charge is 0.290 e. The summed E-state index contributed by atoms with van der Waals surface area (Å²) in [4.78, 5) is 14.9. The maximum atomic E-state index is 11.2. The van der Waals surface area contributed by atoms with E-state index in [0.717, 1.165) is 0 Å². The predicted molar refractivity (Wildman–Crippen MR) is 83.4 cm³/mol. The minimum atomic E-state index is -4.34. The number of aromatic nitrogens is 1. The van der Waals surface area contributed by atoms with Crippen LogP contribution in [0.3, 0.4) is 0 Å². The summed E-state index contributed by atoms with van der Waals surface area (Å²) in [5.41, 5.74) is 5.04. The maximum Gasteiger partial charge on any atom is 0.295 e. The van der Waals surface area contributed by atoms with E-state index in [1.165, 1.54) is 42.7 Å². The third-order valence-electron chi connectivity index (χ3n) is 2.74. The SMILES string of the molecule is NNC(=O)c1ccc(NN=Cc2ccccc2S(=O)(=O)O)nc1. The van der Waals surface area contributed by atoms with Crippen molar-refractivity contribution in [3.8, 4) is 0 Å². The van der Waals surface area contributed by atoms with E-state index in [1.807, 2.05) is 5.43 Å². The molecule has 0 saturated heterocycles. The molecule has 0 radical (unpaired) electrons. The molecule has 0 atom stereocenters. The lowest BCUT2D eigenvalue weighted by molar-refractivity contribution is 0.0953. The normalized spacial score (nSPS) is 11.4. The molecule has 0 spiro atoms. The largest absolute Gasteiger partial charge is 0.295 e. The van der Waals surface area contributed by atoms with Crippen molar-refractivity contribution >= 4 is 28.1 Å². The number of rotatable bonds is 5. The van der Waals surface area contributed by atoms with E-state index in [-0.39, 0.29) is 16.0 Å². The molecule has 120 valence electrons. The lowest BCUT2D eigenvalue weighted by Gasteiger charge is -2.03. The molecule has 1 aromatic heterocycles. The van der Waals surface area contributed by atoms with Crippen molar-refractivity contribution < 1.29 is 17.8 Å². The zero-order valence-corrected chi connectivity index (χ0v) is 12.5. The van der Waals surface area contributed by atoms with Crippen LogP contribution < -0.4 is 16.7 Å². The number of nitrogen functional groups attached to an aromatic ring is 1. The highest BCUT2D eigenvalue weighted by molar-refractivity contribution is 7.86. The standard InChI is InChI=1S/C13H13N5O4S/c14-17-13(19)10-5-6-12(15-7-10)18-16-8-9-3-1-2-4-11(9)23(20,21)22/h1-8H,14H2,(H,15,18)(H,17,19)(H,20,21,22). The molecule has 1 amide bonds. The second kappa shape index (κ2) is 6.96. The summed E-state index contributed by atoms with van der Waals surface area (Å²) in [7, 11) is -4.34. The Balaban J connectivity index is 2.12. The summed E-state index contributed by atoms with van der Waals surface area (Å²) in [6.07, 6.45) is 2.53. The first-order valence-electron chi connectivity index (χ1n) is 6.24. The Kier molecular flexibility index (Phi) is 5.01. The number of nitrogens with two attached hydrogens (primary N) is 1. The maximum absolute atomic E-state index is 11.2. The molecule has 2 aromatic rings. The van der Waals surface area contributed by atoms with Crippen LogP contribution in [0.1, 0.15) is 15.9 Å². The number of pyridine rings is 1. The van der Waals surface area contributed by atoms with E-state index in [9.17, 15) is 13.2 Å². The number of amides is 1. The highest BCUT2D eigenvalue weighted by atomic mass is 32.2. The van der Waals surface area contributed by atoms with Crippen molar-refractivity contribution in [1.29, 1.82) is 0 Å². The van der Waals surface area contributed by atoms with Gasteiger partial charge in [-0.1, -0.05) is 18.2 Å². The van der Waals surface area contributed by atoms with Gasteiger partial charge in [0, 0.05) is 11.8 Å². The fourth-order valence-electron chi connectivity index (χ4n) is 1.67. The molecule has 9 nitrogen and oxygen atoms in total. The number of carbonyl (C=O) groups is 1. The molecule has 0 fully saturated rings. The Bertz CT molecular complexity index is 834. The molecule has 0 aliphatic heterocycles. The third-order valence-corrected chi connectivity index (χ3v) is 3.66. The average molecular weight is 335 g/mol. The molecule has 23 heavy (non-hydrogen) atoms. The average Bonchev–Trinajstić information content (AvgIpc) is 2.54. The molecule has 1 heterocycles. The monoisotopic (exact) mass is 335 g/mol. The third kappa shape index (κ3) is 4.32. The Morgan fingerprint density at radius 3 is 2.61 bits per heavy atom. The summed E-state index contributed by atoms with van der Waals surface area (Å²) < 4.78 is 31.6. The van der Waals surface area contributed by atoms with Gasteiger partial charge in [0.15, 0.2) is 0 Å². The molecule has 10 heteroatoms. The second-order valence-corrected chi connectivity index (χ2v) is 5.68. The van der Waals surface area contributed by atoms with Crippen molar-refractivity contribution in [1.82, 2.24) is 10.4 Å². The van der Waals surface area contributed by atoms with Crippen LogP contribution in [0.15, 0.2) is 52.6 Å². The van der Waals surface area contributed by atoms with Gasteiger partial charge in [-0.25, -0.2) is 10.8 Å². The fraction of sp³-hybridized carbons (Fsp3) is 0. The fourth-order valence-corrected chi connectivity index (χ4v) is 2.34. The quantitative estimate of drug-likeness (QED) is 0.203. The summed E-state index contributed by atoms with van der Waals surface area (Å²) in [5.74, 6) is 4.86. The Morgan fingerprint density at radius 2 is 2.00 bits per heavy atom. The number of hydrazine groups is 1. The van der Waals surface area contributed by atoms with Crippen molar-refractivity contribution in [2.24, 2.45) is 10.9 Å². The summed E-state index contributed by atoms with van der Waals surface area (Å²) in [5, 5.41) is 3.84. The summed E-state index contributed by atoms with van der Waals surface area (Å²) >= 11 is 0. The van der Waals surface area contributed by atoms with Gasteiger partial charge < -0.3 is 0 Å². The van der Waals surface area contributed by atoms with Gasteiger partial charge in [0.1, 0.15) is 10.7 Å². The molecule has 0 aliphatic carbocycles. The Labute approximate surface area is 132 Å². The molecule has 5 N–H and O–H groups in total. The molecule has 0 bridgehead atoms. The number of hydrogen-bond donors (Lipinski definition) is 4. The number of hydrazone groups is 1. The molecule has 1 aromatic carbocycles. The van der Waals surface area contributed by atoms with E-state index >= 15 is 0 Å². The van der Waals surface area contributed by atoms with Crippen LogP contribution in [-0.4, -0.2) is 30.1 Å². The highest BCUT2D eigenvalue weighted by Gasteiger charge is 2.13. The van der Waals surface area contributed by atoms with Crippen LogP contribution in [0.2, 0.25) is 0 Å². The second-order valence-electron chi connectivity index (χ2n) is 4.29. The van der Waals surface area contributed by atoms with Gasteiger partial charge in [0.25, 0.3) is 16.0 Å². The first-order valence-corrected chi connectivity index (χ1v) is 7.68. The number of anilines is 1. The minimum Gasteiger partial charge on any atom is -0.290 e. The van der Waals surface area contributed by atoms with Crippen molar-refractivity contribution in [2.75, 3.05) is 5.43 Å². The van der Waals surface area contributed by atoms with E-state index in [2.05, 4.69) is 15.5 Å². The van der Waals surface area contributed by atoms with Gasteiger partial charge >= 0.3 is 0 Å². The van der Waals surface area contributed by atoms with Crippen LogP contribution in [0.25, 0.3) is 0 Å². The number of carbonyl (C=O) groups excluding carboxylic acids is 1. The number of benzene rings is 1. The van der Waals surface area contributed by atoms with E-state index < -0.39 is 16.0 Å². The van der Waals surface area contributed by atoms with Crippen LogP contribution in [-0.2, 0) is 10.1 Å². The highest BCUT2D eigenvalue weighted by Crippen LogP contribution is 2.13. The minimum absolute atomic E-state index is 0.210. The number of nitrogens with zero attached hydrogens (tertiary/aromatic N) is 2. The molecule has 0 saturated carbocycles. The van der Waals surface area contributed by atoms with Crippen LogP contribution >= 0.6 is 0 Å². The van der Waals surface area contributed by atoms with E-state index in [1.54, 1.807) is 6.07 Å². The lowest BCUT2D eigenvalue weighted by Crippen LogP contribution is -2.30. The zero-order chi connectivity index (χ0) is 16.9. The van der Waals surface area contributed by atoms with E-state index in [4.69, 9.17) is 10.4 Å². The summed E-state index contributed by atoms with van der Waals surface area (Å²) in [6, 6.07) is 8.81. The number of nitrogens with one attached hydrogen (secondary N) is 2. The van der Waals surface area contributed by atoms with Gasteiger partial charge in [0.05, 0.1) is 11.8 Å². The van der Waals surface area contributed by atoms with Crippen molar-refractivity contribution in [2.45, 2.75) is 4.90 Å². The van der Waals surface area contributed by atoms with Gasteiger partial charge in [-0.15, -0.1) is 0 Å². The van der Waals surface area contributed by atoms with Gasteiger partial charge in [-0.3, -0.25) is 20.2 Å². The molecule has 0 aliphatic rings. The lowest BCUT2D eigenvalue weighted by atomic mass is 10.2. The number of hydrogen-bond acceptors (Lipinski definition) is 7. The van der Waals surface area contributed by atoms with Crippen molar-refractivity contribution in [3.05, 3.63) is 53.7 Å². The first-order chi connectivity index (χ1) is 10.9. The zero-order valence-electron chi connectivity index (χ0n) is 11.7. The Morgan fingerprint density at radius 1 is 1.26 bits per heavy atom. The molecular formula is C13H13N5O4S. The Hall–Kier alpha value is -2.82. The van der Waals surface area contributed by atoms with Gasteiger partial charge in [-0.05, 0) is 18.2 Å². The first kappa shape index (κ1) is 16.5. The molecule has 0 unspecified atom stereocenters. The van der Waals surface area contributed by atoms with Crippen LogP contribution in [0, 0.1) is 0 Å². The molecule has 2 rings (SSSR count). The topological polar surface area (TPSA) is 147 Å². The van der Waals surface area contributed by atoms with Gasteiger partial charge in [-0.2, -0.15) is 13.5 Å². The van der Waals surface area contributed by atoms with Gasteiger partial charge in [0.2, 0.25) is 0 Å². The summed E-state index contributed by atoms with van der Waals surface area (Å²) in [6.45, 7) is 0. The van der Waals surface area contributed by atoms with E-state index in [0.29, 0.717) is 5.82 Å².